The van der Waals surface area contributed by atoms with Gasteiger partial charge in [0.25, 0.3) is 0 Å². The summed E-state index contributed by atoms with van der Waals surface area (Å²) in [6, 6.07) is 3.75. The van der Waals surface area contributed by atoms with E-state index in [1.165, 1.54) is 0 Å². The van der Waals surface area contributed by atoms with Gasteiger partial charge in [-0.05, 0) is 47.6 Å². The van der Waals surface area contributed by atoms with E-state index in [1.54, 1.807) is 6.20 Å². The average Bonchev–Trinajstić information content (AvgIpc) is 2.23. The van der Waals surface area contributed by atoms with Crippen LogP contribution in [0.25, 0.3) is 0 Å². The van der Waals surface area contributed by atoms with Crippen LogP contribution in [0, 0.1) is 9.49 Å². The Labute approximate surface area is 104 Å². The predicted octanol–water partition coefficient (Wildman–Crippen LogP) is 3.06. The van der Waals surface area contributed by atoms with Crippen LogP contribution in [0.5, 0.6) is 0 Å². The van der Waals surface area contributed by atoms with E-state index in [9.17, 15) is 4.79 Å². The zero-order valence-electron chi connectivity index (χ0n) is 8.96. The third-order valence-corrected chi connectivity index (χ3v) is 2.97. The molecule has 0 fully saturated rings. The van der Waals surface area contributed by atoms with E-state index in [-0.39, 0.29) is 11.8 Å². The van der Waals surface area contributed by atoms with Crippen molar-refractivity contribution < 1.29 is 4.79 Å². The third-order valence-electron chi connectivity index (χ3n) is 2.34. The second kappa shape index (κ2) is 6.05. The molecule has 0 unspecified atom stereocenters. The summed E-state index contributed by atoms with van der Waals surface area (Å²) in [6.45, 7) is 4.05. The summed E-state index contributed by atoms with van der Waals surface area (Å²) in [5, 5.41) is 2.82. The highest BCUT2D eigenvalue weighted by Gasteiger charge is 2.14. The van der Waals surface area contributed by atoms with E-state index in [0.717, 1.165) is 16.4 Å². The van der Waals surface area contributed by atoms with Crippen LogP contribution in [0.4, 0.5) is 5.82 Å². The lowest BCUT2D eigenvalue weighted by molar-refractivity contribution is -0.120. The number of rotatable bonds is 4. The van der Waals surface area contributed by atoms with Crippen LogP contribution in [-0.4, -0.2) is 10.9 Å². The standard InChI is InChI=1S/C11H15IN2O/c1-3-8(4-2)11(15)14-10-6-5-9(12)7-13-10/h5-8H,3-4H2,1-2H3,(H,13,14,15). The van der Waals surface area contributed by atoms with Gasteiger partial charge in [-0.3, -0.25) is 4.79 Å². The highest BCUT2D eigenvalue weighted by Crippen LogP contribution is 2.12. The first-order valence-corrected chi connectivity index (χ1v) is 6.17. The summed E-state index contributed by atoms with van der Waals surface area (Å²) in [4.78, 5) is 15.8. The molecule has 0 saturated carbocycles. The Kier molecular flexibility index (Phi) is 5.01. The van der Waals surface area contributed by atoms with E-state index >= 15 is 0 Å². The van der Waals surface area contributed by atoms with Crippen LogP contribution in [0.2, 0.25) is 0 Å². The monoisotopic (exact) mass is 318 g/mol. The summed E-state index contributed by atoms with van der Waals surface area (Å²) in [5.41, 5.74) is 0. The lowest BCUT2D eigenvalue weighted by Crippen LogP contribution is -2.22. The Hall–Kier alpha value is -0.650. The quantitative estimate of drug-likeness (QED) is 0.867. The smallest absolute Gasteiger partial charge is 0.228 e. The minimum absolute atomic E-state index is 0.0636. The molecular weight excluding hydrogens is 303 g/mol. The normalized spacial score (nSPS) is 10.4. The molecule has 0 aliphatic carbocycles. The maximum Gasteiger partial charge on any atom is 0.228 e. The molecule has 3 nitrogen and oxygen atoms in total. The lowest BCUT2D eigenvalue weighted by Gasteiger charge is -2.11. The zero-order valence-corrected chi connectivity index (χ0v) is 11.1. The van der Waals surface area contributed by atoms with Crippen molar-refractivity contribution in [2.24, 2.45) is 5.92 Å². The molecule has 0 spiro atoms. The Morgan fingerprint density at radius 3 is 2.60 bits per heavy atom. The van der Waals surface area contributed by atoms with Crippen molar-refractivity contribution in [3.05, 3.63) is 21.9 Å². The van der Waals surface area contributed by atoms with Gasteiger partial charge in [-0.2, -0.15) is 0 Å². The first-order chi connectivity index (χ1) is 7.17. The maximum atomic E-state index is 11.7. The molecule has 1 amide bonds. The van der Waals surface area contributed by atoms with Crippen LogP contribution >= 0.6 is 22.6 Å². The highest BCUT2D eigenvalue weighted by molar-refractivity contribution is 14.1. The summed E-state index contributed by atoms with van der Waals surface area (Å²) < 4.78 is 1.06. The number of aromatic nitrogens is 1. The molecule has 1 aromatic rings. The molecule has 1 aromatic heterocycles. The van der Waals surface area contributed by atoms with Gasteiger partial charge in [0.2, 0.25) is 5.91 Å². The number of hydrogen-bond donors (Lipinski definition) is 1. The van der Waals surface area contributed by atoms with Crippen molar-refractivity contribution in [1.29, 1.82) is 0 Å². The fourth-order valence-corrected chi connectivity index (χ4v) is 1.66. The van der Waals surface area contributed by atoms with Crippen molar-refractivity contribution >= 4 is 34.3 Å². The molecule has 0 aliphatic heterocycles. The van der Waals surface area contributed by atoms with E-state index < -0.39 is 0 Å². The van der Waals surface area contributed by atoms with Crippen LogP contribution in [-0.2, 0) is 4.79 Å². The Morgan fingerprint density at radius 1 is 1.47 bits per heavy atom. The molecule has 82 valence electrons. The zero-order chi connectivity index (χ0) is 11.3. The van der Waals surface area contributed by atoms with Gasteiger partial charge in [0.1, 0.15) is 5.82 Å². The summed E-state index contributed by atoms with van der Waals surface area (Å²) in [5.74, 6) is 0.784. The van der Waals surface area contributed by atoms with Crippen LogP contribution < -0.4 is 5.32 Å². The van der Waals surface area contributed by atoms with Crippen molar-refractivity contribution in [3.8, 4) is 0 Å². The number of hydrogen-bond acceptors (Lipinski definition) is 2. The van der Waals surface area contributed by atoms with Gasteiger partial charge in [-0.15, -0.1) is 0 Å². The maximum absolute atomic E-state index is 11.7. The minimum atomic E-state index is 0.0636. The van der Waals surface area contributed by atoms with E-state index in [0.29, 0.717) is 5.82 Å². The van der Waals surface area contributed by atoms with Crippen molar-refractivity contribution in [2.75, 3.05) is 5.32 Å². The lowest BCUT2D eigenvalue weighted by atomic mass is 10.0. The van der Waals surface area contributed by atoms with Gasteiger partial charge in [0.15, 0.2) is 0 Å². The number of nitrogens with zero attached hydrogens (tertiary/aromatic N) is 1. The van der Waals surface area contributed by atoms with Crippen molar-refractivity contribution in [2.45, 2.75) is 26.7 Å². The first kappa shape index (κ1) is 12.4. The molecule has 0 aliphatic rings. The Bertz CT molecular complexity index is 320. The molecule has 0 saturated heterocycles. The Balaban J connectivity index is 2.61. The van der Waals surface area contributed by atoms with Gasteiger partial charge >= 0.3 is 0 Å². The molecule has 4 heteroatoms. The van der Waals surface area contributed by atoms with Crippen molar-refractivity contribution in [1.82, 2.24) is 4.98 Å². The second-order valence-corrected chi connectivity index (χ2v) is 4.61. The molecule has 1 N–H and O–H groups in total. The van der Waals surface area contributed by atoms with Crippen molar-refractivity contribution in [3.63, 3.8) is 0 Å². The highest BCUT2D eigenvalue weighted by atomic mass is 127. The van der Waals surface area contributed by atoms with Gasteiger partial charge in [-0.25, -0.2) is 4.98 Å². The molecule has 0 bridgehead atoms. The molecule has 0 aromatic carbocycles. The second-order valence-electron chi connectivity index (χ2n) is 3.36. The topological polar surface area (TPSA) is 42.0 Å². The number of amides is 1. The molecule has 15 heavy (non-hydrogen) atoms. The van der Waals surface area contributed by atoms with Gasteiger partial charge in [0, 0.05) is 15.7 Å². The molecule has 0 radical (unpaired) electrons. The van der Waals surface area contributed by atoms with E-state index in [4.69, 9.17) is 0 Å². The Morgan fingerprint density at radius 2 is 2.13 bits per heavy atom. The fraction of sp³-hybridized carbons (Fsp3) is 0.455. The van der Waals surface area contributed by atoms with Gasteiger partial charge in [0.05, 0.1) is 0 Å². The minimum Gasteiger partial charge on any atom is -0.310 e. The van der Waals surface area contributed by atoms with E-state index in [2.05, 4.69) is 32.9 Å². The summed E-state index contributed by atoms with van der Waals surface area (Å²) in [6.07, 6.45) is 3.47. The SMILES string of the molecule is CCC(CC)C(=O)Nc1ccc(I)cn1. The number of carbonyl (C=O) groups excluding carboxylic acids is 1. The number of nitrogens with one attached hydrogen (secondary N) is 1. The largest absolute Gasteiger partial charge is 0.310 e. The molecular formula is C11H15IN2O. The van der Waals surface area contributed by atoms with E-state index in [1.807, 2.05) is 26.0 Å². The first-order valence-electron chi connectivity index (χ1n) is 5.09. The number of halogens is 1. The molecule has 0 atom stereocenters. The predicted molar refractivity (Wildman–Crippen MR) is 69.7 cm³/mol. The number of pyridine rings is 1. The summed E-state index contributed by atoms with van der Waals surface area (Å²) in [7, 11) is 0. The number of carbonyl (C=O) groups is 1. The fourth-order valence-electron chi connectivity index (χ4n) is 1.34. The van der Waals surface area contributed by atoms with Crippen LogP contribution in [0.1, 0.15) is 26.7 Å². The number of anilines is 1. The third kappa shape index (κ3) is 3.77. The van der Waals surface area contributed by atoms with Crippen LogP contribution in [0.3, 0.4) is 0 Å². The summed E-state index contributed by atoms with van der Waals surface area (Å²) >= 11 is 2.18. The van der Waals surface area contributed by atoms with Gasteiger partial charge in [-0.1, -0.05) is 13.8 Å². The van der Waals surface area contributed by atoms with Gasteiger partial charge < -0.3 is 5.32 Å². The molecule has 1 heterocycles. The molecule has 1 rings (SSSR count). The average molecular weight is 318 g/mol. The van der Waals surface area contributed by atoms with Crippen LogP contribution in [0.15, 0.2) is 18.3 Å².